The van der Waals surface area contributed by atoms with Crippen molar-refractivity contribution in [2.75, 3.05) is 39.3 Å². The lowest BCUT2D eigenvalue weighted by Crippen LogP contribution is -2.40. The topological polar surface area (TPSA) is 99.6 Å². The molecule has 0 saturated carbocycles. The van der Waals surface area contributed by atoms with Gasteiger partial charge in [-0.05, 0) is 37.2 Å². The van der Waals surface area contributed by atoms with Gasteiger partial charge in [-0.3, -0.25) is 19.1 Å². The number of likely N-dealkylation sites (N-methyl/N-ethyl adjacent to an activating group) is 1. The Hall–Kier alpha value is -3.27. The fraction of sp³-hybridized carbons (Fsp3) is 0.478. The highest BCUT2D eigenvalue weighted by molar-refractivity contribution is 5.99. The fourth-order valence-corrected chi connectivity index (χ4v) is 3.71. The highest BCUT2D eigenvalue weighted by atomic mass is 19.1. The minimum atomic E-state index is -0.507. The van der Waals surface area contributed by atoms with E-state index in [9.17, 15) is 18.8 Å². The van der Waals surface area contributed by atoms with Crippen molar-refractivity contribution in [1.29, 1.82) is 0 Å². The minimum Gasteiger partial charge on any atom is -0.353 e. The van der Waals surface area contributed by atoms with Gasteiger partial charge < -0.3 is 20.4 Å². The zero-order chi connectivity index (χ0) is 23.8. The third-order valence-corrected chi connectivity index (χ3v) is 5.66. The monoisotopic (exact) mass is 458 g/mol. The zero-order valence-corrected chi connectivity index (χ0v) is 19.1. The van der Waals surface area contributed by atoms with Gasteiger partial charge in [0.15, 0.2) is 5.69 Å². The second-order valence-electron chi connectivity index (χ2n) is 7.90. The number of benzene rings is 1. The molecule has 0 spiro atoms. The molecule has 2 heterocycles. The number of hydrogen-bond donors (Lipinski definition) is 2. The summed E-state index contributed by atoms with van der Waals surface area (Å²) in [5.41, 5.74) is 1.24. The van der Waals surface area contributed by atoms with Gasteiger partial charge >= 0.3 is 0 Å². The van der Waals surface area contributed by atoms with Crippen LogP contribution in [0.2, 0.25) is 0 Å². The van der Waals surface area contributed by atoms with Crippen LogP contribution < -0.4 is 10.6 Å². The van der Waals surface area contributed by atoms with Crippen LogP contribution in [0.25, 0.3) is 0 Å². The van der Waals surface area contributed by atoms with E-state index in [1.54, 1.807) is 17.0 Å². The molecule has 3 rings (SSSR count). The third kappa shape index (κ3) is 6.61. The van der Waals surface area contributed by atoms with Crippen LogP contribution in [0.4, 0.5) is 4.39 Å². The summed E-state index contributed by atoms with van der Waals surface area (Å²) in [4.78, 5) is 41.4. The smallest absolute Gasteiger partial charge is 0.272 e. The molecular formula is C23H31FN6O3. The van der Waals surface area contributed by atoms with Gasteiger partial charge in [-0.1, -0.05) is 26.0 Å². The Morgan fingerprint density at radius 1 is 1.12 bits per heavy atom. The summed E-state index contributed by atoms with van der Waals surface area (Å²) in [6.45, 7) is 8.42. The van der Waals surface area contributed by atoms with E-state index in [1.165, 1.54) is 22.9 Å². The van der Waals surface area contributed by atoms with Crippen molar-refractivity contribution >= 4 is 17.7 Å². The molecule has 0 unspecified atom stereocenters. The Morgan fingerprint density at radius 3 is 2.55 bits per heavy atom. The third-order valence-electron chi connectivity index (χ3n) is 5.66. The van der Waals surface area contributed by atoms with Crippen LogP contribution in [0.15, 0.2) is 30.3 Å². The van der Waals surface area contributed by atoms with Crippen molar-refractivity contribution < 1.29 is 18.8 Å². The van der Waals surface area contributed by atoms with E-state index < -0.39 is 5.91 Å². The van der Waals surface area contributed by atoms with Gasteiger partial charge in [0.25, 0.3) is 11.8 Å². The number of carbonyl (C=O) groups is 3. The van der Waals surface area contributed by atoms with Crippen LogP contribution in [0.3, 0.4) is 0 Å². The molecule has 9 nitrogen and oxygen atoms in total. The van der Waals surface area contributed by atoms with Gasteiger partial charge in [-0.25, -0.2) is 4.39 Å². The van der Waals surface area contributed by atoms with Gasteiger partial charge in [0.05, 0.1) is 6.54 Å². The first-order chi connectivity index (χ1) is 15.9. The molecule has 2 aromatic rings. The van der Waals surface area contributed by atoms with Crippen LogP contribution in [-0.2, 0) is 17.9 Å². The number of nitrogens with zero attached hydrogens (tertiary/aromatic N) is 4. The number of aryl methyl sites for hydroxylation is 1. The largest absolute Gasteiger partial charge is 0.353 e. The molecule has 0 saturated heterocycles. The van der Waals surface area contributed by atoms with Crippen molar-refractivity contribution in [1.82, 2.24) is 30.2 Å². The number of fused-ring (bicyclic) bond motifs is 1. The second-order valence-corrected chi connectivity index (χ2v) is 7.90. The fourth-order valence-electron chi connectivity index (χ4n) is 3.71. The van der Waals surface area contributed by atoms with Gasteiger partial charge in [-0.2, -0.15) is 5.10 Å². The maximum absolute atomic E-state index is 13.2. The molecule has 33 heavy (non-hydrogen) atoms. The van der Waals surface area contributed by atoms with Crippen LogP contribution in [-0.4, -0.2) is 76.6 Å². The second kappa shape index (κ2) is 11.6. The van der Waals surface area contributed by atoms with Crippen LogP contribution in [0.1, 0.15) is 46.8 Å². The van der Waals surface area contributed by atoms with Gasteiger partial charge in [0, 0.05) is 38.8 Å². The molecule has 0 atom stereocenters. The molecule has 1 aromatic carbocycles. The predicted molar refractivity (Wildman–Crippen MR) is 121 cm³/mol. The number of amides is 3. The van der Waals surface area contributed by atoms with E-state index >= 15 is 0 Å². The molecule has 10 heteroatoms. The summed E-state index contributed by atoms with van der Waals surface area (Å²) < 4.78 is 14.7. The van der Waals surface area contributed by atoms with Crippen molar-refractivity contribution in [3.05, 3.63) is 53.1 Å². The van der Waals surface area contributed by atoms with Crippen LogP contribution in [0, 0.1) is 5.82 Å². The Labute approximate surface area is 192 Å². The summed E-state index contributed by atoms with van der Waals surface area (Å²) in [5, 5.41) is 9.61. The molecule has 0 aliphatic carbocycles. The first-order valence-corrected chi connectivity index (χ1v) is 11.3. The summed E-state index contributed by atoms with van der Waals surface area (Å²) in [5.74, 6) is -1.35. The maximum atomic E-state index is 13.2. The Balaban J connectivity index is 1.55. The zero-order valence-electron chi connectivity index (χ0n) is 19.1. The lowest BCUT2D eigenvalue weighted by molar-refractivity contribution is -0.120. The van der Waals surface area contributed by atoms with E-state index in [0.717, 1.165) is 25.2 Å². The molecular weight excluding hydrogens is 427 g/mol. The lowest BCUT2D eigenvalue weighted by Gasteiger charge is -2.20. The number of halogens is 1. The highest BCUT2D eigenvalue weighted by Crippen LogP contribution is 2.17. The molecule has 2 N–H and O–H groups in total. The Kier molecular flexibility index (Phi) is 8.53. The number of hydrogen-bond acceptors (Lipinski definition) is 5. The SMILES string of the molecule is CCN(CC)CCNC(=O)CNC(=O)c1cc2n(n1)CCCN(Cc1ccc(F)cc1)C2=O. The molecule has 1 aliphatic rings. The average Bonchev–Trinajstić information content (AvgIpc) is 3.19. The number of aromatic nitrogens is 2. The number of rotatable bonds is 10. The maximum Gasteiger partial charge on any atom is 0.272 e. The molecule has 3 amide bonds. The van der Waals surface area contributed by atoms with E-state index in [-0.39, 0.29) is 29.9 Å². The number of carbonyl (C=O) groups excluding carboxylic acids is 3. The summed E-state index contributed by atoms with van der Waals surface area (Å²) >= 11 is 0. The highest BCUT2D eigenvalue weighted by Gasteiger charge is 2.26. The van der Waals surface area contributed by atoms with Crippen molar-refractivity contribution in [2.24, 2.45) is 0 Å². The standard InChI is InChI=1S/C23H31FN6O3/c1-3-28(4-2)13-10-25-21(31)15-26-22(32)19-14-20-23(33)29(11-5-12-30(20)27-19)16-17-6-8-18(24)9-7-17/h6-9,14H,3-5,10-13,15-16H2,1-2H3,(H,25,31)(H,26,32). The molecule has 178 valence electrons. The normalized spacial score (nSPS) is 13.6. The molecule has 0 bridgehead atoms. The predicted octanol–water partition coefficient (Wildman–Crippen LogP) is 1.26. The quantitative estimate of drug-likeness (QED) is 0.558. The molecule has 1 aromatic heterocycles. The van der Waals surface area contributed by atoms with Crippen molar-refractivity contribution in [3.63, 3.8) is 0 Å². The van der Waals surface area contributed by atoms with Crippen LogP contribution >= 0.6 is 0 Å². The van der Waals surface area contributed by atoms with Gasteiger partial charge in [-0.15, -0.1) is 0 Å². The molecule has 0 radical (unpaired) electrons. The molecule has 0 fully saturated rings. The van der Waals surface area contributed by atoms with Crippen molar-refractivity contribution in [2.45, 2.75) is 33.4 Å². The average molecular weight is 459 g/mol. The van der Waals surface area contributed by atoms with E-state index in [2.05, 4.69) is 34.5 Å². The van der Waals surface area contributed by atoms with E-state index in [4.69, 9.17) is 0 Å². The Bertz CT molecular complexity index is 971. The van der Waals surface area contributed by atoms with Crippen LogP contribution in [0.5, 0.6) is 0 Å². The summed E-state index contributed by atoms with van der Waals surface area (Å²) in [6.07, 6.45) is 0.678. The van der Waals surface area contributed by atoms with Gasteiger partial charge in [0.1, 0.15) is 11.5 Å². The first-order valence-electron chi connectivity index (χ1n) is 11.3. The van der Waals surface area contributed by atoms with E-state index in [1.807, 2.05) is 0 Å². The van der Waals surface area contributed by atoms with E-state index in [0.29, 0.717) is 38.3 Å². The Morgan fingerprint density at radius 2 is 1.85 bits per heavy atom. The number of nitrogens with one attached hydrogen (secondary N) is 2. The first kappa shape index (κ1) is 24.4. The summed E-state index contributed by atoms with van der Waals surface area (Å²) in [7, 11) is 0. The lowest BCUT2D eigenvalue weighted by atomic mass is 10.2. The van der Waals surface area contributed by atoms with Crippen molar-refractivity contribution in [3.8, 4) is 0 Å². The minimum absolute atomic E-state index is 0.0953. The molecule has 1 aliphatic heterocycles. The summed E-state index contributed by atoms with van der Waals surface area (Å²) in [6, 6.07) is 7.49. The van der Waals surface area contributed by atoms with Gasteiger partial charge in [0.2, 0.25) is 5.91 Å².